The zero-order chi connectivity index (χ0) is 46.5. The molecule has 0 aromatic rings. The number of allylic oxidation sites excluding steroid dienone is 4. The van der Waals surface area contributed by atoms with E-state index >= 15 is 0 Å². The molecule has 64 heavy (non-hydrogen) atoms. The zero-order valence-corrected chi connectivity index (χ0v) is 43.1. The lowest BCUT2D eigenvalue weighted by Crippen LogP contribution is -2.30. The summed E-state index contributed by atoms with van der Waals surface area (Å²) in [6.07, 6.45) is 61.7. The number of carbonyl (C=O) groups excluding carboxylic acids is 3. The monoisotopic (exact) mass is 901 g/mol. The van der Waals surface area contributed by atoms with E-state index in [1.807, 2.05) is 0 Å². The molecular weight excluding hydrogens is 793 g/mol. The summed E-state index contributed by atoms with van der Waals surface area (Å²) in [7, 11) is 0. The quantitative estimate of drug-likeness (QED) is 0.0262. The molecule has 0 heterocycles. The maximum absolute atomic E-state index is 12.8. The molecule has 0 saturated heterocycles. The molecule has 1 unspecified atom stereocenters. The predicted octanol–water partition coefficient (Wildman–Crippen LogP) is 18.7. The first kappa shape index (κ1) is 61.9. The minimum Gasteiger partial charge on any atom is -0.462 e. The van der Waals surface area contributed by atoms with Crippen molar-refractivity contribution >= 4 is 17.9 Å². The number of hydrogen-bond acceptors (Lipinski definition) is 6. The van der Waals surface area contributed by atoms with E-state index in [2.05, 4.69) is 45.1 Å². The van der Waals surface area contributed by atoms with E-state index in [1.54, 1.807) is 0 Å². The fourth-order valence-corrected chi connectivity index (χ4v) is 8.37. The first-order valence-electron chi connectivity index (χ1n) is 28.3. The van der Waals surface area contributed by atoms with Crippen LogP contribution < -0.4 is 0 Å². The van der Waals surface area contributed by atoms with Crippen molar-refractivity contribution in [2.45, 2.75) is 316 Å². The van der Waals surface area contributed by atoms with E-state index in [0.717, 1.165) is 70.6 Å². The van der Waals surface area contributed by atoms with Crippen LogP contribution in [0.25, 0.3) is 0 Å². The summed E-state index contributed by atoms with van der Waals surface area (Å²) in [5.74, 6) is -0.873. The Balaban J connectivity index is 4.32. The molecule has 0 aromatic carbocycles. The van der Waals surface area contributed by atoms with Crippen LogP contribution in [0.4, 0.5) is 0 Å². The van der Waals surface area contributed by atoms with E-state index in [-0.39, 0.29) is 31.1 Å². The third-order valence-electron chi connectivity index (χ3n) is 12.7. The van der Waals surface area contributed by atoms with Crippen LogP contribution in [0.1, 0.15) is 310 Å². The van der Waals surface area contributed by atoms with Gasteiger partial charge in [-0.25, -0.2) is 0 Å². The highest BCUT2D eigenvalue weighted by Crippen LogP contribution is 2.16. The van der Waals surface area contributed by atoms with E-state index in [1.165, 1.54) is 199 Å². The van der Waals surface area contributed by atoms with Crippen molar-refractivity contribution < 1.29 is 28.6 Å². The molecular formula is C58H108O6. The number of carbonyl (C=O) groups is 3. The second-order valence-electron chi connectivity index (χ2n) is 19.2. The Kier molecular flexibility index (Phi) is 51.7. The van der Waals surface area contributed by atoms with Gasteiger partial charge in [0.1, 0.15) is 13.2 Å². The van der Waals surface area contributed by atoms with Crippen molar-refractivity contribution in [3.05, 3.63) is 24.3 Å². The Morgan fingerprint density at radius 1 is 0.297 bits per heavy atom. The highest BCUT2D eigenvalue weighted by atomic mass is 16.6. The fraction of sp³-hybridized carbons (Fsp3) is 0.879. The van der Waals surface area contributed by atoms with Gasteiger partial charge >= 0.3 is 17.9 Å². The van der Waals surface area contributed by atoms with Gasteiger partial charge < -0.3 is 14.2 Å². The molecule has 1 atom stereocenters. The molecule has 0 aliphatic rings. The lowest BCUT2D eigenvalue weighted by Gasteiger charge is -2.18. The molecule has 0 rings (SSSR count). The standard InChI is InChI=1S/C58H108O6/c1-4-7-10-13-16-19-22-25-27-29-30-32-33-36-39-42-45-48-51-57(60)63-54-55(53-62-56(59)50-47-44-41-38-35-24-21-18-15-12-9-6-3)64-58(61)52-49-46-43-40-37-34-31-28-26-23-20-17-14-11-8-5-2/h18,21,28,31,55H,4-17,19-20,22-27,29-30,32-54H2,1-3H3/b21-18-,31-28-. The van der Waals surface area contributed by atoms with Crippen molar-refractivity contribution in [1.82, 2.24) is 0 Å². The molecule has 0 saturated carbocycles. The van der Waals surface area contributed by atoms with Crippen LogP contribution in [-0.2, 0) is 28.6 Å². The van der Waals surface area contributed by atoms with Gasteiger partial charge in [0.05, 0.1) is 0 Å². The van der Waals surface area contributed by atoms with E-state index in [0.29, 0.717) is 19.3 Å². The van der Waals surface area contributed by atoms with Gasteiger partial charge in [-0.15, -0.1) is 0 Å². The number of hydrogen-bond donors (Lipinski definition) is 0. The summed E-state index contributed by atoms with van der Waals surface area (Å²) >= 11 is 0. The third kappa shape index (κ3) is 50.9. The van der Waals surface area contributed by atoms with Gasteiger partial charge in [0.2, 0.25) is 0 Å². The molecule has 0 aromatic heterocycles. The number of esters is 3. The second kappa shape index (κ2) is 53.5. The summed E-state index contributed by atoms with van der Waals surface area (Å²) in [4.78, 5) is 38.1. The smallest absolute Gasteiger partial charge is 0.306 e. The van der Waals surface area contributed by atoms with Crippen molar-refractivity contribution in [3.63, 3.8) is 0 Å². The van der Waals surface area contributed by atoms with Crippen LogP contribution in [0, 0.1) is 0 Å². The molecule has 0 spiro atoms. The van der Waals surface area contributed by atoms with Crippen LogP contribution in [0.3, 0.4) is 0 Å². The topological polar surface area (TPSA) is 78.9 Å². The fourth-order valence-electron chi connectivity index (χ4n) is 8.37. The molecule has 0 fully saturated rings. The number of unbranched alkanes of at least 4 members (excludes halogenated alkanes) is 37. The van der Waals surface area contributed by atoms with Crippen molar-refractivity contribution in [3.8, 4) is 0 Å². The van der Waals surface area contributed by atoms with Gasteiger partial charge in [-0.2, -0.15) is 0 Å². The summed E-state index contributed by atoms with van der Waals surface area (Å²) in [5, 5.41) is 0. The molecule has 0 aliphatic carbocycles. The Hall–Kier alpha value is -2.11. The van der Waals surface area contributed by atoms with E-state index in [4.69, 9.17) is 14.2 Å². The van der Waals surface area contributed by atoms with Gasteiger partial charge in [-0.3, -0.25) is 14.4 Å². The average molecular weight is 901 g/mol. The Morgan fingerprint density at radius 3 is 0.812 bits per heavy atom. The highest BCUT2D eigenvalue weighted by molar-refractivity contribution is 5.71. The van der Waals surface area contributed by atoms with E-state index < -0.39 is 6.10 Å². The zero-order valence-electron chi connectivity index (χ0n) is 43.1. The maximum Gasteiger partial charge on any atom is 0.306 e. The van der Waals surface area contributed by atoms with Crippen molar-refractivity contribution in [2.24, 2.45) is 0 Å². The van der Waals surface area contributed by atoms with Gasteiger partial charge in [-0.05, 0) is 70.6 Å². The minimum atomic E-state index is -0.774. The second-order valence-corrected chi connectivity index (χ2v) is 19.2. The molecule has 0 N–H and O–H groups in total. The lowest BCUT2D eigenvalue weighted by molar-refractivity contribution is -0.167. The Bertz CT molecular complexity index is 1040. The van der Waals surface area contributed by atoms with Gasteiger partial charge in [-0.1, -0.05) is 244 Å². The summed E-state index contributed by atoms with van der Waals surface area (Å²) in [5.41, 5.74) is 0. The molecule has 6 heteroatoms. The SMILES string of the molecule is CCCCC/C=C\CCCCCCCC(=O)OCC(COC(=O)CCCCCCCCCCCCCCCCCCCC)OC(=O)CCCCCCC/C=C\CCCCCCCCC. The molecule has 0 aliphatic heterocycles. The third-order valence-corrected chi connectivity index (χ3v) is 12.7. The first-order valence-corrected chi connectivity index (χ1v) is 28.3. The van der Waals surface area contributed by atoms with Crippen molar-refractivity contribution in [2.75, 3.05) is 13.2 Å². The molecule has 6 nitrogen and oxygen atoms in total. The first-order chi connectivity index (χ1) is 31.5. The number of rotatable bonds is 52. The van der Waals surface area contributed by atoms with Crippen LogP contribution in [0.2, 0.25) is 0 Å². The molecule has 0 bridgehead atoms. The minimum absolute atomic E-state index is 0.0730. The van der Waals surface area contributed by atoms with Crippen LogP contribution in [0.15, 0.2) is 24.3 Å². The van der Waals surface area contributed by atoms with Gasteiger partial charge in [0, 0.05) is 19.3 Å². The van der Waals surface area contributed by atoms with E-state index in [9.17, 15) is 14.4 Å². The molecule has 0 radical (unpaired) electrons. The van der Waals surface area contributed by atoms with Crippen LogP contribution in [-0.4, -0.2) is 37.2 Å². The normalized spacial score (nSPS) is 12.1. The maximum atomic E-state index is 12.8. The molecule has 376 valence electrons. The Labute approximate surface area is 398 Å². The van der Waals surface area contributed by atoms with Gasteiger partial charge in [0.25, 0.3) is 0 Å². The average Bonchev–Trinajstić information content (AvgIpc) is 3.29. The largest absolute Gasteiger partial charge is 0.462 e. The van der Waals surface area contributed by atoms with Gasteiger partial charge in [0.15, 0.2) is 6.10 Å². The summed E-state index contributed by atoms with van der Waals surface area (Å²) < 4.78 is 16.8. The predicted molar refractivity (Wildman–Crippen MR) is 275 cm³/mol. The summed E-state index contributed by atoms with van der Waals surface area (Å²) in [6, 6.07) is 0. The summed E-state index contributed by atoms with van der Waals surface area (Å²) in [6.45, 7) is 6.64. The lowest BCUT2D eigenvalue weighted by atomic mass is 10.0. The van der Waals surface area contributed by atoms with Crippen LogP contribution in [0.5, 0.6) is 0 Å². The Morgan fingerprint density at radius 2 is 0.516 bits per heavy atom. The van der Waals surface area contributed by atoms with Crippen molar-refractivity contribution in [1.29, 1.82) is 0 Å². The highest BCUT2D eigenvalue weighted by Gasteiger charge is 2.19. The van der Waals surface area contributed by atoms with Crippen LogP contribution >= 0.6 is 0 Å². The molecule has 0 amide bonds. The number of ether oxygens (including phenoxy) is 3.